The van der Waals surface area contributed by atoms with E-state index in [1.165, 1.54) is 0 Å². The zero-order valence-electron chi connectivity index (χ0n) is 19.3. The molecule has 0 spiro atoms. The van der Waals surface area contributed by atoms with Crippen molar-refractivity contribution >= 4 is 28.5 Å². The van der Waals surface area contributed by atoms with Crippen LogP contribution in [0, 0.1) is 0 Å². The van der Waals surface area contributed by atoms with Gasteiger partial charge in [0.1, 0.15) is 17.5 Å². The first kappa shape index (κ1) is 23.4. The standard InChI is InChI=1S/C25H29N3O6/c1-33-17-7-8-20-18(15-17)19(16-28(20)10-9-23(29)30)24(25(31)32)27-13-11-26(12-14-27)21-5-3-4-6-22(21)34-2/h3-8,15-16,24H,9-14H2,1-2H3,(H,29,30)(H,31,32)/t24-/m1/s1. The highest BCUT2D eigenvalue weighted by Crippen LogP contribution is 2.35. The summed E-state index contributed by atoms with van der Waals surface area (Å²) in [6, 6.07) is 12.4. The lowest BCUT2D eigenvalue weighted by molar-refractivity contribution is -0.143. The second-order valence-electron chi connectivity index (χ2n) is 8.24. The Morgan fingerprint density at radius 2 is 1.74 bits per heavy atom. The average molecular weight is 468 g/mol. The van der Waals surface area contributed by atoms with E-state index in [9.17, 15) is 14.7 Å². The molecular formula is C25H29N3O6. The highest BCUT2D eigenvalue weighted by molar-refractivity contribution is 5.90. The van der Waals surface area contributed by atoms with E-state index in [0.29, 0.717) is 37.5 Å². The van der Waals surface area contributed by atoms with Crippen molar-refractivity contribution in [3.05, 3.63) is 54.2 Å². The Morgan fingerprint density at radius 3 is 2.38 bits per heavy atom. The zero-order valence-corrected chi connectivity index (χ0v) is 19.3. The van der Waals surface area contributed by atoms with Crippen molar-refractivity contribution in [3.8, 4) is 11.5 Å². The molecule has 9 heteroatoms. The molecule has 0 unspecified atom stereocenters. The SMILES string of the molecule is COc1ccc2c(c1)c([C@H](C(=O)O)N1CCN(c3ccccc3OC)CC1)cn2CCC(=O)O. The van der Waals surface area contributed by atoms with Crippen LogP contribution in [-0.2, 0) is 16.1 Å². The molecule has 34 heavy (non-hydrogen) atoms. The number of aryl methyl sites for hydroxylation is 1. The van der Waals surface area contributed by atoms with Crippen LogP contribution in [0.5, 0.6) is 11.5 Å². The highest BCUT2D eigenvalue weighted by Gasteiger charge is 2.33. The number of anilines is 1. The minimum Gasteiger partial charge on any atom is -0.497 e. The number of para-hydroxylation sites is 2. The number of aromatic nitrogens is 1. The molecule has 9 nitrogen and oxygen atoms in total. The van der Waals surface area contributed by atoms with Gasteiger partial charge in [0.05, 0.1) is 26.3 Å². The van der Waals surface area contributed by atoms with Crippen LogP contribution in [-0.4, -0.2) is 72.0 Å². The zero-order chi connectivity index (χ0) is 24.2. The minimum absolute atomic E-state index is 0.0510. The second-order valence-corrected chi connectivity index (χ2v) is 8.24. The number of aliphatic carboxylic acids is 2. The lowest BCUT2D eigenvalue weighted by Crippen LogP contribution is -2.49. The molecule has 0 amide bonds. The van der Waals surface area contributed by atoms with Crippen LogP contribution >= 0.6 is 0 Å². The first-order valence-electron chi connectivity index (χ1n) is 11.2. The third-order valence-electron chi connectivity index (χ3n) is 6.32. The molecule has 2 N–H and O–H groups in total. The molecule has 1 atom stereocenters. The Hall–Kier alpha value is -3.72. The molecule has 0 saturated carbocycles. The van der Waals surface area contributed by atoms with Gasteiger partial charge >= 0.3 is 11.9 Å². The van der Waals surface area contributed by atoms with Crippen LogP contribution in [0.2, 0.25) is 0 Å². The fraction of sp³-hybridized carbons (Fsp3) is 0.360. The molecule has 1 fully saturated rings. The van der Waals surface area contributed by atoms with Crippen LogP contribution in [0.4, 0.5) is 5.69 Å². The van der Waals surface area contributed by atoms with Crippen molar-refractivity contribution in [2.45, 2.75) is 19.0 Å². The number of benzene rings is 2. The first-order chi connectivity index (χ1) is 16.4. The maximum Gasteiger partial charge on any atom is 0.325 e. The van der Waals surface area contributed by atoms with Crippen molar-refractivity contribution in [2.24, 2.45) is 0 Å². The predicted molar refractivity (Wildman–Crippen MR) is 128 cm³/mol. The van der Waals surface area contributed by atoms with E-state index in [2.05, 4.69) is 4.90 Å². The van der Waals surface area contributed by atoms with Gasteiger partial charge in [-0.25, -0.2) is 0 Å². The lowest BCUT2D eigenvalue weighted by atomic mass is 10.0. The summed E-state index contributed by atoms with van der Waals surface area (Å²) < 4.78 is 12.7. The van der Waals surface area contributed by atoms with E-state index in [1.807, 2.05) is 45.9 Å². The number of hydrogen-bond donors (Lipinski definition) is 2. The van der Waals surface area contributed by atoms with E-state index in [-0.39, 0.29) is 13.0 Å². The van der Waals surface area contributed by atoms with Gasteiger partial charge in [0.2, 0.25) is 0 Å². The molecule has 4 rings (SSSR count). The predicted octanol–water partition coefficient (Wildman–Crippen LogP) is 3.08. The molecule has 3 aromatic rings. The third kappa shape index (κ3) is 4.65. The van der Waals surface area contributed by atoms with Gasteiger partial charge in [-0.15, -0.1) is 0 Å². The van der Waals surface area contributed by atoms with Gasteiger partial charge in [-0.1, -0.05) is 12.1 Å². The molecule has 1 saturated heterocycles. The fourth-order valence-electron chi connectivity index (χ4n) is 4.65. The summed E-state index contributed by atoms with van der Waals surface area (Å²) in [4.78, 5) is 27.8. The van der Waals surface area contributed by atoms with Gasteiger partial charge in [0.15, 0.2) is 0 Å². The topological polar surface area (TPSA) is 104 Å². The maximum absolute atomic E-state index is 12.5. The number of ether oxygens (including phenoxy) is 2. The highest BCUT2D eigenvalue weighted by atomic mass is 16.5. The summed E-state index contributed by atoms with van der Waals surface area (Å²) >= 11 is 0. The number of nitrogens with zero attached hydrogens (tertiary/aromatic N) is 3. The summed E-state index contributed by atoms with van der Waals surface area (Å²) in [6.45, 7) is 2.68. The van der Waals surface area contributed by atoms with Gasteiger partial charge in [0, 0.05) is 55.4 Å². The van der Waals surface area contributed by atoms with E-state index in [1.54, 1.807) is 26.5 Å². The number of methoxy groups -OCH3 is 2. The average Bonchev–Trinajstić information content (AvgIpc) is 3.20. The van der Waals surface area contributed by atoms with Gasteiger partial charge in [-0.05, 0) is 30.3 Å². The number of carbonyl (C=O) groups is 2. The van der Waals surface area contributed by atoms with Crippen molar-refractivity contribution < 1.29 is 29.3 Å². The van der Waals surface area contributed by atoms with Crippen molar-refractivity contribution in [1.29, 1.82) is 0 Å². The Labute approximate surface area is 197 Å². The van der Waals surface area contributed by atoms with Gasteiger partial charge in [0.25, 0.3) is 0 Å². The molecule has 1 aliphatic rings. The minimum atomic E-state index is -0.939. The molecule has 2 aromatic carbocycles. The van der Waals surface area contributed by atoms with Crippen molar-refractivity contribution in [1.82, 2.24) is 9.47 Å². The number of carboxylic acids is 2. The molecule has 0 bridgehead atoms. The first-order valence-corrected chi connectivity index (χ1v) is 11.2. The van der Waals surface area contributed by atoms with Crippen LogP contribution in [0.1, 0.15) is 18.0 Å². The monoisotopic (exact) mass is 467 g/mol. The molecule has 180 valence electrons. The molecule has 0 radical (unpaired) electrons. The summed E-state index contributed by atoms with van der Waals surface area (Å²) in [5.74, 6) is -0.431. The smallest absolute Gasteiger partial charge is 0.325 e. The third-order valence-corrected chi connectivity index (χ3v) is 6.32. The largest absolute Gasteiger partial charge is 0.497 e. The second kappa shape index (κ2) is 10.0. The van der Waals surface area contributed by atoms with Gasteiger partial charge in [-0.2, -0.15) is 0 Å². The molecule has 0 aliphatic carbocycles. The molecule has 1 aromatic heterocycles. The van der Waals surface area contributed by atoms with Gasteiger partial charge in [-0.3, -0.25) is 14.5 Å². The Balaban J connectivity index is 1.64. The normalized spacial score (nSPS) is 15.3. The number of rotatable bonds is 9. The lowest BCUT2D eigenvalue weighted by Gasteiger charge is -2.39. The van der Waals surface area contributed by atoms with E-state index < -0.39 is 18.0 Å². The summed E-state index contributed by atoms with van der Waals surface area (Å²) in [5, 5.41) is 20.1. The fourth-order valence-corrected chi connectivity index (χ4v) is 4.65. The van der Waals surface area contributed by atoms with E-state index in [4.69, 9.17) is 14.6 Å². The Kier molecular flexibility index (Phi) is 6.93. The summed E-state index contributed by atoms with van der Waals surface area (Å²) in [7, 11) is 3.21. The number of carboxylic acid groups (broad SMARTS) is 2. The van der Waals surface area contributed by atoms with E-state index in [0.717, 1.165) is 22.3 Å². The quantitative estimate of drug-likeness (QED) is 0.495. The van der Waals surface area contributed by atoms with Crippen molar-refractivity contribution in [2.75, 3.05) is 45.3 Å². The number of fused-ring (bicyclic) bond motifs is 1. The molecule has 1 aliphatic heterocycles. The Morgan fingerprint density at radius 1 is 1.00 bits per heavy atom. The number of hydrogen-bond acceptors (Lipinski definition) is 6. The number of piperazine rings is 1. The Bertz CT molecular complexity index is 1180. The van der Waals surface area contributed by atoms with E-state index >= 15 is 0 Å². The van der Waals surface area contributed by atoms with Crippen LogP contribution in [0.25, 0.3) is 10.9 Å². The van der Waals surface area contributed by atoms with Crippen LogP contribution in [0.15, 0.2) is 48.7 Å². The van der Waals surface area contributed by atoms with Crippen LogP contribution < -0.4 is 14.4 Å². The maximum atomic E-state index is 12.5. The molecular weight excluding hydrogens is 438 g/mol. The van der Waals surface area contributed by atoms with Crippen LogP contribution in [0.3, 0.4) is 0 Å². The van der Waals surface area contributed by atoms with Gasteiger partial charge < -0.3 is 29.2 Å². The summed E-state index contributed by atoms with van der Waals surface area (Å²) in [5.41, 5.74) is 2.42. The van der Waals surface area contributed by atoms with Crippen molar-refractivity contribution in [3.63, 3.8) is 0 Å². The molecule has 2 heterocycles. The summed E-state index contributed by atoms with van der Waals surface area (Å²) in [6.07, 6.45) is 1.73.